The normalized spacial score (nSPS) is 29.0. The van der Waals surface area contributed by atoms with E-state index in [2.05, 4.69) is 16.0 Å². The maximum absolute atomic E-state index is 14.6. The maximum atomic E-state index is 14.6. The lowest BCUT2D eigenvalue weighted by Crippen LogP contribution is -2.62. The lowest BCUT2D eigenvalue weighted by Gasteiger charge is -2.39. The monoisotopic (exact) mass is 665 g/mol. The van der Waals surface area contributed by atoms with E-state index >= 15 is 0 Å². The number of hydrogen-bond donors (Lipinski definition) is 4. The number of ketones is 1. The van der Waals surface area contributed by atoms with Gasteiger partial charge in [0.05, 0.1) is 35.6 Å². The molecule has 0 aromatic heterocycles. The molecule has 4 amide bonds. The third kappa shape index (κ3) is 8.61. The average molecular weight is 666 g/mol. The van der Waals surface area contributed by atoms with E-state index in [9.17, 15) is 27.6 Å². The minimum atomic E-state index is -3.37. The quantitative estimate of drug-likeness (QED) is 0.245. The summed E-state index contributed by atoms with van der Waals surface area (Å²) in [7, 11) is -3.37. The van der Waals surface area contributed by atoms with Crippen molar-refractivity contribution in [3.63, 3.8) is 0 Å². The summed E-state index contributed by atoms with van der Waals surface area (Å²) in [5, 5.41) is 8.96. The zero-order valence-corrected chi connectivity index (χ0v) is 28.7. The lowest BCUT2D eigenvalue weighted by atomic mass is 9.82. The predicted molar refractivity (Wildman–Crippen MR) is 173 cm³/mol. The molecule has 0 bridgehead atoms. The SMILES string of the molecule is CC1(C)C[C@H]2C(CN(C(=O)[C@@H](NC(=O)NC3(CS(C)(=O)=O)CCCCC3)C3CCCCC3)[C@@H]2C(=O)NC(CC2CC2)C(=O)CN)O1. The van der Waals surface area contributed by atoms with Crippen LogP contribution in [0.15, 0.2) is 0 Å². The molecule has 5 N–H and O–H groups in total. The van der Waals surface area contributed by atoms with Gasteiger partial charge in [0, 0.05) is 18.7 Å². The molecule has 0 aromatic carbocycles. The number of nitrogens with one attached hydrogen (secondary N) is 3. The van der Waals surface area contributed by atoms with Gasteiger partial charge in [0.2, 0.25) is 11.8 Å². The highest BCUT2D eigenvalue weighted by molar-refractivity contribution is 7.90. The van der Waals surface area contributed by atoms with Crippen molar-refractivity contribution in [3.05, 3.63) is 0 Å². The Hall–Kier alpha value is -2.25. The van der Waals surface area contributed by atoms with Crippen LogP contribution >= 0.6 is 0 Å². The second-order valence-corrected chi connectivity index (χ2v) is 17.7. The third-order valence-corrected chi connectivity index (χ3v) is 12.0. The summed E-state index contributed by atoms with van der Waals surface area (Å²) in [6, 6.07) is -2.98. The van der Waals surface area contributed by atoms with Gasteiger partial charge in [0.1, 0.15) is 21.9 Å². The van der Waals surface area contributed by atoms with Crippen LogP contribution in [0.2, 0.25) is 0 Å². The van der Waals surface area contributed by atoms with Gasteiger partial charge < -0.3 is 31.3 Å². The van der Waals surface area contributed by atoms with Crippen molar-refractivity contribution < 1.29 is 32.3 Å². The van der Waals surface area contributed by atoms with Crippen molar-refractivity contribution >= 4 is 33.5 Å². The Morgan fingerprint density at radius 1 is 0.957 bits per heavy atom. The van der Waals surface area contributed by atoms with Crippen LogP contribution in [0.4, 0.5) is 4.79 Å². The number of nitrogens with zero attached hydrogens (tertiary/aromatic N) is 1. The van der Waals surface area contributed by atoms with E-state index in [0.717, 1.165) is 64.2 Å². The van der Waals surface area contributed by atoms with E-state index in [1.165, 1.54) is 6.26 Å². The van der Waals surface area contributed by atoms with E-state index in [1.54, 1.807) is 4.90 Å². The molecule has 0 spiro atoms. The van der Waals surface area contributed by atoms with Gasteiger partial charge in [-0.05, 0) is 64.2 Å². The summed E-state index contributed by atoms with van der Waals surface area (Å²) in [6.45, 7) is 4.01. The van der Waals surface area contributed by atoms with Crippen LogP contribution in [0.25, 0.3) is 0 Å². The maximum Gasteiger partial charge on any atom is 0.315 e. The Morgan fingerprint density at radius 2 is 1.61 bits per heavy atom. The van der Waals surface area contributed by atoms with Crippen molar-refractivity contribution in [1.29, 1.82) is 0 Å². The first-order chi connectivity index (χ1) is 21.7. The molecule has 2 unspecified atom stereocenters. The zero-order chi connectivity index (χ0) is 33.3. The molecule has 5 fully saturated rings. The summed E-state index contributed by atoms with van der Waals surface area (Å²) >= 11 is 0. The van der Waals surface area contributed by atoms with Gasteiger partial charge in [0.25, 0.3) is 0 Å². The molecule has 260 valence electrons. The van der Waals surface area contributed by atoms with Crippen molar-refractivity contribution in [2.24, 2.45) is 23.5 Å². The van der Waals surface area contributed by atoms with Crippen LogP contribution in [-0.4, -0.2) is 97.4 Å². The summed E-state index contributed by atoms with van der Waals surface area (Å²) in [6.07, 6.45) is 12.2. The topological polar surface area (TPSA) is 177 Å². The van der Waals surface area contributed by atoms with Crippen molar-refractivity contribution in [3.8, 4) is 0 Å². The van der Waals surface area contributed by atoms with Crippen LogP contribution < -0.4 is 21.7 Å². The molecule has 12 nitrogen and oxygen atoms in total. The van der Waals surface area contributed by atoms with Crippen LogP contribution in [0.3, 0.4) is 0 Å². The summed E-state index contributed by atoms with van der Waals surface area (Å²) in [5.74, 6) is -1.07. The first kappa shape index (κ1) is 35.1. The summed E-state index contributed by atoms with van der Waals surface area (Å²) in [5.41, 5.74) is 4.37. The molecule has 2 heterocycles. The Balaban J connectivity index is 1.39. The first-order valence-corrected chi connectivity index (χ1v) is 19.5. The number of carbonyl (C=O) groups is 4. The summed E-state index contributed by atoms with van der Waals surface area (Å²) in [4.78, 5) is 56.7. The highest BCUT2D eigenvalue weighted by atomic mass is 32.2. The number of ether oxygens (including phenoxy) is 1. The fraction of sp³-hybridized carbons (Fsp3) is 0.879. The molecule has 5 atom stereocenters. The molecule has 5 aliphatic rings. The Kier molecular flexibility index (Phi) is 10.7. The molecule has 0 aromatic rings. The molecular weight excluding hydrogens is 610 g/mol. The van der Waals surface area contributed by atoms with E-state index in [1.807, 2.05) is 13.8 Å². The number of hydrogen-bond acceptors (Lipinski definition) is 8. The highest BCUT2D eigenvalue weighted by Crippen LogP contribution is 2.44. The molecular formula is C33H55N5O7S. The smallest absolute Gasteiger partial charge is 0.315 e. The second kappa shape index (κ2) is 14.1. The summed E-state index contributed by atoms with van der Waals surface area (Å²) < 4.78 is 31.1. The first-order valence-electron chi connectivity index (χ1n) is 17.5. The zero-order valence-electron chi connectivity index (χ0n) is 27.9. The van der Waals surface area contributed by atoms with Crippen LogP contribution in [0.5, 0.6) is 0 Å². The standard InChI is InChI=1S/C33H55N5O7S/c1-32(2)17-23-26(45-32)19-38(28(23)29(40)35-24(25(39)18-34)16-21-12-13-21)30(41)27(22-10-6-4-7-11-22)36-31(42)37-33(20-46(3,43)44)14-8-5-9-15-33/h21-24,26-28H,4-20,34H2,1-3H3,(H,35,40)(H2,36,37,42)/t23-,24?,26?,27-,28-/m0/s1. The van der Waals surface area contributed by atoms with Crippen LogP contribution in [-0.2, 0) is 29.0 Å². The largest absolute Gasteiger partial charge is 0.370 e. The number of nitrogens with two attached hydrogens (primary N) is 1. The number of amides is 4. The minimum Gasteiger partial charge on any atom is -0.370 e. The molecule has 3 aliphatic carbocycles. The average Bonchev–Trinajstić information content (AvgIpc) is 3.67. The number of urea groups is 1. The van der Waals surface area contributed by atoms with Crippen LogP contribution in [0.1, 0.15) is 104 Å². The predicted octanol–water partition coefficient (Wildman–Crippen LogP) is 2.19. The highest BCUT2D eigenvalue weighted by Gasteiger charge is 2.56. The number of Topliss-reactive ketones (excluding diaryl/α,β-unsaturated/α-hetero) is 1. The van der Waals surface area contributed by atoms with Gasteiger partial charge in [0.15, 0.2) is 5.78 Å². The number of sulfone groups is 1. The van der Waals surface area contributed by atoms with Gasteiger partial charge in [-0.25, -0.2) is 13.2 Å². The molecule has 0 radical (unpaired) electrons. The Bertz CT molecular complexity index is 1260. The van der Waals surface area contributed by atoms with Gasteiger partial charge in [-0.1, -0.05) is 51.4 Å². The fourth-order valence-electron chi connectivity index (χ4n) is 8.67. The van der Waals surface area contributed by atoms with Gasteiger partial charge in [-0.15, -0.1) is 0 Å². The van der Waals surface area contributed by atoms with E-state index in [4.69, 9.17) is 10.5 Å². The van der Waals surface area contributed by atoms with Gasteiger partial charge in [-0.3, -0.25) is 14.4 Å². The van der Waals surface area contributed by atoms with E-state index < -0.39 is 45.1 Å². The van der Waals surface area contributed by atoms with Crippen molar-refractivity contribution in [1.82, 2.24) is 20.9 Å². The molecule has 2 aliphatic heterocycles. The third-order valence-electron chi connectivity index (χ3n) is 10.9. The number of fused-ring (bicyclic) bond motifs is 1. The fourth-order valence-corrected chi connectivity index (χ4v) is 10.0. The lowest BCUT2D eigenvalue weighted by molar-refractivity contribution is -0.143. The van der Waals surface area contributed by atoms with Gasteiger partial charge >= 0.3 is 6.03 Å². The number of likely N-dealkylation sites (tertiary alicyclic amines) is 1. The van der Waals surface area contributed by atoms with E-state index in [0.29, 0.717) is 31.6 Å². The number of rotatable bonds is 12. The van der Waals surface area contributed by atoms with Crippen LogP contribution in [0, 0.1) is 17.8 Å². The molecule has 5 rings (SSSR count). The Morgan fingerprint density at radius 3 is 2.22 bits per heavy atom. The second-order valence-electron chi connectivity index (χ2n) is 15.5. The van der Waals surface area contributed by atoms with E-state index in [-0.39, 0.29) is 54.4 Å². The molecule has 46 heavy (non-hydrogen) atoms. The molecule has 13 heteroatoms. The minimum absolute atomic E-state index is 0.118. The van der Waals surface area contributed by atoms with Crippen molar-refractivity contribution in [2.75, 3.05) is 25.1 Å². The van der Waals surface area contributed by atoms with Gasteiger partial charge in [-0.2, -0.15) is 0 Å². The molecule has 2 saturated heterocycles. The van der Waals surface area contributed by atoms with Crippen molar-refractivity contribution in [2.45, 2.75) is 139 Å². The molecule has 3 saturated carbocycles. The Labute approximate surface area is 274 Å². The number of carbonyl (C=O) groups excluding carboxylic acids is 4.